The molecule has 0 bridgehead atoms. The monoisotopic (exact) mass is 232 g/mol. The number of rotatable bonds is 3. The maximum Gasteiger partial charge on any atom is 0.0417 e. The van der Waals surface area contributed by atoms with Crippen LogP contribution in [0.5, 0.6) is 0 Å². The molecule has 1 fully saturated rings. The van der Waals surface area contributed by atoms with Gasteiger partial charge in [-0.2, -0.15) is 0 Å². The molecule has 17 heavy (non-hydrogen) atoms. The standard InChI is InChI=1S/C15H24N2/c1-12-8-6-7-11-17(12)15-10-5-4-9-14(15)13(2)16-3/h4-5,9-10,12-13,16H,6-8,11H2,1-3H3. The zero-order valence-corrected chi connectivity index (χ0v) is 11.2. The lowest BCUT2D eigenvalue weighted by molar-refractivity contribution is 0.481. The van der Waals surface area contributed by atoms with E-state index < -0.39 is 0 Å². The van der Waals surface area contributed by atoms with E-state index in [0.717, 1.165) is 0 Å². The zero-order valence-electron chi connectivity index (χ0n) is 11.2. The number of anilines is 1. The van der Waals surface area contributed by atoms with E-state index in [1.807, 2.05) is 7.05 Å². The average molecular weight is 232 g/mol. The minimum Gasteiger partial charge on any atom is -0.369 e. The Hall–Kier alpha value is -1.02. The van der Waals surface area contributed by atoms with Crippen LogP contribution in [-0.2, 0) is 0 Å². The number of para-hydroxylation sites is 1. The van der Waals surface area contributed by atoms with Crippen molar-refractivity contribution in [3.63, 3.8) is 0 Å². The van der Waals surface area contributed by atoms with E-state index in [1.165, 1.54) is 37.1 Å². The molecule has 1 heterocycles. The largest absolute Gasteiger partial charge is 0.369 e. The second-order valence-corrected chi connectivity index (χ2v) is 5.11. The molecule has 2 unspecified atom stereocenters. The molecule has 0 amide bonds. The molecule has 0 saturated carbocycles. The van der Waals surface area contributed by atoms with Crippen molar-refractivity contribution < 1.29 is 0 Å². The molecular weight excluding hydrogens is 208 g/mol. The van der Waals surface area contributed by atoms with Gasteiger partial charge in [0, 0.05) is 24.3 Å². The third-order valence-corrected chi connectivity index (χ3v) is 3.95. The van der Waals surface area contributed by atoms with Gasteiger partial charge in [-0.15, -0.1) is 0 Å². The van der Waals surface area contributed by atoms with Gasteiger partial charge in [-0.05, 0) is 51.8 Å². The molecule has 1 aliphatic rings. The Bertz CT molecular complexity index is 362. The fourth-order valence-electron chi connectivity index (χ4n) is 2.73. The van der Waals surface area contributed by atoms with Gasteiger partial charge < -0.3 is 10.2 Å². The molecule has 2 heteroatoms. The summed E-state index contributed by atoms with van der Waals surface area (Å²) < 4.78 is 0. The lowest BCUT2D eigenvalue weighted by Gasteiger charge is -2.37. The predicted molar refractivity (Wildman–Crippen MR) is 74.6 cm³/mol. The summed E-state index contributed by atoms with van der Waals surface area (Å²) >= 11 is 0. The van der Waals surface area contributed by atoms with Crippen LogP contribution in [0.25, 0.3) is 0 Å². The fourth-order valence-corrected chi connectivity index (χ4v) is 2.73. The highest BCUT2D eigenvalue weighted by molar-refractivity contribution is 5.55. The third kappa shape index (κ3) is 2.63. The number of hydrogen-bond donors (Lipinski definition) is 1. The first-order valence-corrected chi connectivity index (χ1v) is 6.77. The summed E-state index contributed by atoms with van der Waals surface area (Å²) in [5, 5.41) is 3.35. The van der Waals surface area contributed by atoms with Gasteiger partial charge in [-0.25, -0.2) is 0 Å². The van der Waals surface area contributed by atoms with Crippen LogP contribution in [0.15, 0.2) is 24.3 Å². The van der Waals surface area contributed by atoms with Crippen LogP contribution in [0.2, 0.25) is 0 Å². The van der Waals surface area contributed by atoms with E-state index in [4.69, 9.17) is 0 Å². The molecule has 0 radical (unpaired) electrons. The summed E-state index contributed by atoms with van der Waals surface area (Å²) in [6.45, 7) is 5.78. The Morgan fingerprint density at radius 3 is 2.76 bits per heavy atom. The molecule has 2 nitrogen and oxygen atoms in total. The van der Waals surface area contributed by atoms with Crippen molar-refractivity contribution in [2.75, 3.05) is 18.5 Å². The normalized spacial score (nSPS) is 22.5. The van der Waals surface area contributed by atoms with Gasteiger partial charge in [-0.3, -0.25) is 0 Å². The fraction of sp³-hybridized carbons (Fsp3) is 0.600. The Labute approximate surface area is 105 Å². The van der Waals surface area contributed by atoms with Gasteiger partial charge in [0.2, 0.25) is 0 Å². The van der Waals surface area contributed by atoms with Gasteiger partial charge >= 0.3 is 0 Å². The highest BCUT2D eigenvalue weighted by Crippen LogP contribution is 2.30. The highest BCUT2D eigenvalue weighted by atomic mass is 15.2. The van der Waals surface area contributed by atoms with Crippen molar-refractivity contribution in [1.29, 1.82) is 0 Å². The summed E-state index contributed by atoms with van der Waals surface area (Å²) in [5.41, 5.74) is 2.84. The Balaban J connectivity index is 2.30. The molecule has 1 aromatic rings. The molecule has 1 saturated heterocycles. The first-order valence-electron chi connectivity index (χ1n) is 6.77. The predicted octanol–water partition coefficient (Wildman–Crippen LogP) is 3.35. The van der Waals surface area contributed by atoms with E-state index >= 15 is 0 Å². The molecule has 0 spiro atoms. The molecular formula is C15H24N2. The van der Waals surface area contributed by atoms with Gasteiger partial charge in [-0.1, -0.05) is 18.2 Å². The zero-order chi connectivity index (χ0) is 12.3. The summed E-state index contributed by atoms with van der Waals surface area (Å²) in [6.07, 6.45) is 4.02. The molecule has 94 valence electrons. The average Bonchev–Trinajstić information content (AvgIpc) is 2.38. The lowest BCUT2D eigenvalue weighted by Crippen LogP contribution is -2.38. The van der Waals surface area contributed by atoms with Crippen LogP contribution in [-0.4, -0.2) is 19.6 Å². The molecule has 0 aliphatic carbocycles. The second-order valence-electron chi connectivity index (χ2n) is 5.11. The van der Waals surface area contributed by atoms with Crippen molar-refractivity contribution in [3.8, 4) is 0 Å². The van der Waals surface area contributed by atoms with E-state index in [9.17, 15) is 0 Å². The number of nitrogens with zero attached hydrogens (tertiary/aromatic N) is 1. The number of nitrogens with one attached hydrogen (secondary N) is 1. The first-order chi connectivity index (χ1) is 8.24. The van der Waals surface area contributed by atoms with Gasteiger partial charge in [0.25, 0.3) is 0 Å². The maximum absolute atomic E-state index is 3.35. The van der Waals surface area contributed by atoms with E-state index in [-0.39, 0.29) is 0 Å². The van der Waals surface area contributed by atoms with E-state index in [1.54, 1.807) is 0 Å². The van der Waals surface area contributed by atoms with Crippen molar-refractivity contribution in [3.05, 3.63) is 29.8 Å². The minimum atomic E-state index is 0.417. The van der Waals surface area contributed by atoms with Crippen LogP contribution < -0.4 is 10.2 Å². The number of piperidine rings is 1. The quantitative estimate of drug-likeness (QED) is 0.860. The van der Waals surface area contributed by atoms with Crippen LogP contribution in [0.4, 0.5) is 5.69 Å². The second kappa shape index (κ2) is 5.54. The van der Waals surface area contributed by atoms with Crippen LogP contribution in [0.1, 0.15) is 44.7 Å². The number of hydrogen-bond acceptors (Lipinski definition) is 2. The molecule has 0 aromatic heterocycles. The van der Waals surface area contributed by atoms with E-state index in [0.29, 0.717) is 12.1 Å². The topological polar surface area (TPSA) is 15.3 Å². The molecule has 2 rings (SSSR count). The Morgan fingerprint density at radius 1 is 1.29 bits per heavy atom. The lowest BCUT2D eigenvalue weighted by atomic mass is 9.99. The SMILES string of the molecule is CNC(C)c1ccccc1N1CCCCC1C. The van der Waals surface area contributed by atoms with Gasteiger partial charge in [0.15, 0.2) is 0 Å². The molecule has 1 aliphatic heterocycles. The summed E-state index contributed by atoms with van der Waals surface area (Å²) in [6, 6.07) is 9.90. The molecule has 2 atom stereocenters. The van der Waals surface area contributed by atoms with Crippen molar-refractivity contribution >= 4 is 5.69 Å². The van der Waals surface area contributed by atoms with E-state index in [2.05, 4.69) is 48.3 Å². The molecule has 1 N–H and O–H groups in total. The Morgan fingerprint density at radius 2 is 2.06 bits per heavy atom. The van der Waals surface area contributed by atoms with Crippen molar-refractivity contribution in [2.24, 2.45) is 0 Å². The summed E-state index contributed by atoms with van der Waals surface area (Å²) in [5.74, 6) is 0. The smallest absolute Gasteiger partial charge is 0.0417 e. The maximum atomic E-state index is 3.35. The highest BCUT2D eigenvalue weighted by Gasteiger charge is 2.21. The van der Waals surface area contributed by atoms with Gasteiger partial charge in [0.05, 0.1) is 0 Å². The van der Waals surface area contributed by atoms with Crippen LogP contribution in [0, 0.1) is 0 Å². The summed E-state index contributed by atoms with van der Waals surface area (Å²) in [7, 11) is 2.03. The van der Waals surface area contributed by atoms with Crippen molar-refractivity contribution in [2.45, 2.75) is 45.2 Å². The number of benzene rings is 1. The van der Waals surface area contributed by atoms with Crippen LogP contribution >= 0.6 is 0 Å². The Kier molecular flexibility index (Phi) is 4.06. The van der Waals surface area contributed by atoms with Crippen molar-refractivity contribution in [1.82, 2.24) is 5.32 Å². The minimum absolute atomic E-state index is 0.417. The first kappa shape index (κ1) is 12.4. The van der Waals surface area contributed by atoms with Gasteiger partial charge in [0.1, 0.15) is 0 Å². The molecule has 1 aromatic carbocycles. The van der Waals surface area contributed by atoms with Crippen LogP contribution in [0.3, 0.4) is 0 Å². The summed E-state index contributed by atoms with van der Waals surface area (Å²) in [4.78, 5) is 2.58. The third-order valence-electron chi connectivity index (χ3n) is 3.95.